The number of hydrogen-bond acceptors (Lipinski definition) is 4. The van der Waals surface area contributed by atoms with Crippen LogP contribution in [0.2, 0.25) is 0 Å². The van der Waals surface area contributed by atoms with E-state index in [4.69, 9.17) is 17.3 Å². The first-order valence-corrected chi connectivity index (χ1v) is 9.02. The van der Waals surface area contributed by atoms with Crippen LogP contribution in [0, 0.1) is 0 Å². The number of anilines is 1. The monoisotopic (exact) mass is 354 g/mol. The highest BCUT2D eigenvalue weighted by Crippen LogP contribution is 2.29. The topological polar surface area (TPSA) is 56.2 Å². The summed E-state index contributed by atoms with van der Waals surface area (Å²) >= 11 is 7.82. The van der Waals surface area contributed by atoms with Crippen LogP contribution in [0.25, 0.3) is 16.6 Å². The van der Waals surface area contributed by atoms with Gasteiger partial charge in [0.25, 0.3) is 0 Å². The van der Waals surface area contributed by atoms with Gasteiger partial charge in [0.15, 0.2) is 5.17 Å². The van der Waals surface area contributed by atoms with Crippen molar-refractivity contribution in [3.05, 3.63) is 65.2 Å². The first-order chi connectivity index (χ1) is 11.8. The molecule has 1 aliphatic rings. The van der Waals surface area contributed by atoms with Gasteiger partial charge in [-0.1, -0.05) is 59.8 Å². The van der Waals surface area contributed by atoms with Crippen LogP contribution in [0.5, 0.6) is 0 Å². The highest BCUT2D eigenvalue weighted by molar-refractivity contribution is 8.14. The van der Waals surface area contributed by atoms with Gasteiger partial charge in [0, 0.05) is 16.9 Å². The van der Waals surface area contributed by atoms with E-state index >= 15 is 0 Å². The predicted octanol–water partition coefficient (Wildman–Crippen LogP) is 4.20. The van der Waals surface area contributed by atoms with E-state index in [0.717, 1.165) is 45.2 Å². The highest BCUT2D eigenvalue weighted by Gasteiger charge is 2.17. The van der Waals surface area contributed by atoms with E-state index in [2.05, 4.69) is 16.0 Å². The maximum atomic E-state index is 6.12. The number of nitrogens with two attached hydrogens (primary N) is 1. The molecule has 3 aromatic rings. The van der Waals surface area contributed by atoms with E-state index in [9.17, 15) is 0 Å². The van der Waals surface area contributed by atoms with Crippen molar-refractivity contribution in [1.29, 1.82) is 0 Å². The lowest BCUT2D eigenvalue weighted by atomic mass is 9.99. The zero-order valence-corrected chi connectivity index (χ0v) is 14.4. The van der Waals surface area contributed by atoms with Crippen molar-refractivity contribution >= 4 is 51.1 Å². The summed E-state index contributed by atoms with van der Waals surface area (Å²) in [5.74, 6) is 1.44. The minimum atomic E-state index is 0.464. The van der Waals surface area contributed by atoms with Crippen molar-refractivity contribution in [2.24, 2.45) is 4.99 Å². The predicted molar refractivity (Wildman–Crippen MR) is 104 cm³/mol. The smallest absolute Gasteiger partial charge is 0.207 e. The summed E-state index contributed by atoms with van der Waals surface area (Å²) in [5, 5.41) is 0.906. The summed E-state index contributed by atoms with van der Waals surface area (Å²) in [5.41, 5.74) is 12.6. The number of fused-ring (bicyclic) bond motifs is 1. The van der Waals surface area contributed by atoms with Gasteiger partial charge in [-0.15, -0.1) is 0 Å². The van der Waals surface area contributed by atoms with E-state index in [-0.39, 0.29) is 0 Å². The van der Waals surface area contributed by atoms with Gasteiger partial charge in [-0.3, -0.25) is 9.56 Å². The highest BCUT2D eigenvalue weighted by atomic mass is 35.5. The van der Waals surface area contributed by atoms with E-state index in [1.165, 1.54) is 0 Å². The molecule has 0 aliphatic carbocycles. The molecule has 0 amide bonds. The Hall–Kier alpha value is -2.24. The lowest BCUT2D eigenvalue weighted by molar-refractivity contribution is 1.13. The molecule has 6 heteroatoms. The number of aliphatic imine (C=N–C) groups is 1. The maximum Gasteiger partial charge on any atom is 0.207 e. The number of thioether (sulfide) groups is 1. The van der Waals surface area contributed by atoms with Crippen molar-refractivity contribution < 1.29 is 0 Å². The van der Waals surface area contributed by atoms with Gasteiger partial charge in [-0.25, -0.2) is 4.98 Å². The van der Waals surface area contributed by atoms with Crippen LogP contribution >= 0.6 is 23.4 Å². The molecule has 0 unspecified atom stereocenters. The van der Waals surface area contributed by atoms with Gasteiger partial charge >= 0.3 is 0 Å². The fourth-order valence-electron chi connectivity index (χ4n) is 2.83. The van der Waals surface area contributed by atoms with Crippen LogP contribution in [-0.2, 0) is 0 Å². The summed E-state index contributed by atoms with van der Waals surface area (Å²) in [6, 6.07) is 16.1. The number of nitrogen functional groups attached to an aromatic ring is 1. The molecule has 2 heterocycles. The molecule has 2 aromatic carbocycles. The normalized spacial score (nSPS) is 15.0. The van der Waals surface area contributed by atoms with Crippen LogP contribution in [0.1, 0.15) is 11.1 Å². The van der Waals surface area contributed by atoms with E-state index in [1.807, 2.05) is 47.0 Å². The van der Waals surface area contributed by atoms with Crippen molar-refractivity contribution in [3.63, 3.8) is 0 Å². The summed E-state index contributed by atoms with van der Waals surface area (Å²) in [7, 11) is 0. The zero-order valence-electron chi connectivity index (χ0n) is 12.8. The molecule has 0 bridgehead atoms. The van der Waals surface area contributed by atoms with Gasteiger partial charge < -0.3 is 5.73 Å². The van der Waals surface area contributed by atoms with Gasteiger partial charge in [-0.05, 0) is 23.3 Å². The number of nitrogens with zero attached hydrogens (tertiary/aromatic N) is 3. The Morgan fingerprint density at radius 2 is 2.00 bits per heavy atom. The molecule has 1 aromatic heterocycles. The summed E-state index contributed by atoms with van der Waals surface area (Å²) in [4.78, 5) is 8.97. The Bertz CT molecular complexity index is 960. The Kier molecular flexibility index (Phi) is 4.04. The molecule has 0 spiro atoms. The van der Waals surface area contributed by atoms with Gasteiger partial charge in [0.05, 0.1) is 17.6 Å². The largest absolute Gasteiger partial charge is 0.369 e. The van der Waals surface area contributed by atoms with Crippen LogP contribution in [-0.4, -0.2) is 27.0 Å². The quantitative estimate of drug-likeness (QED) is 0.750. The fourth-order valence-corrected chi connectivity index (χ4v) is 3.95. The molecule has 0 radical (unpaired) electrons. The van der Waals surface area contributed by atoms with Crippen LogP contribution < -0.4 is 5.73 Å². The summed E-state index contributed by atoms with van der Waals surface area (Å²) in [6.07, 6.45) is 0. The Morgan fingerprint density at radius 3 is 2.71 bits per heavy atom. The molecular weight excluding hydrogens is 340 g/mol. The van der Waals surface area contributed by atoms with E-state index in [1.54, 1.807) is 17.3 Å². The molecule has 24 heavy (non-hydrogen) atoms. The van der Waals surface area contributed by atoms with Crippen molar-refractivity contribution in [2.45, 2.75) is 0 Å². The number of hydrogen-bond donors (Lipinski definition) is 1. The second-order valence-electron chi connectivity index (χ2n) is 5.41. The van der Waals surface area contributed by atoms with Gasteiger partial charge in [0.2, 0.25) is 5.95 Å². The Labute approximate surface area is 149 Å². The lowest BCUT2D eigenvalue weighted by Gasteiger charge is -2.09. The summed E-state index contributed by atoms with van der Waals surface area (Å²) < 4.78 is 1.92. The van der Waals surface area contributed by atoms with E-state index < -0.39 is 0 Å². The number of aromatic nitrogens is 2. The molecule has 2 N–H and O–H groups in total. The maximum absolute atomic E-state index is 6.12. The molecule has 1 aliphatic heterocycles. The molecular formula is C18H15ClN4S. The first-order valence-electron chi connectivity index (χ1n) is 7.59. The molecule has 120 valence electrons. The molecule has 0 atom stereocenters. The average Bonchev–Trinajstić information content (AvgIpc) is 3.23. The van der Waals surface area contributed by atoms with Crippen molar-refractivity contribution in [3.8, 4) is 0 Å². The Balaban J connectivity index is 1.87. The van der Waals surface area contributed by atoms with Crippen LogP contribution in [0.4, 0.5) is 5.95 Å². The number of benzene rings is 2. The standard InChI is InChI=1S/C18H15ClN4S/c19-11-14(12-4-2-1-3-5-12)13-6-7-15-16(10-13)23(17(20)22-15)18-21-8-9-24-18/h1-7,10-11H,8-9H2,(H2,20,22). The third-order valence-electron chi connectivity index (χ3n) is 3.95. The number of imidazole rings is 1. The Morgan fingerprint density at radius 1 is 1.17 bits per heavy atom. The van der Waals surface area contributed by atoms with Gasteiger partial charge in [-0.2, -0.15) is 0 Å². The van der Waals surface area contributed by atoms with Crippen LogP contribution in [0.3, 0.4) is 0 Å². The first kappa shape index (κ1) is 15.3. The SMILES string of the molecule is Nc1nc2ccc(C(=CCl)c3ccccc3)cc2n1C1=NCCS1. The van der Waals surface area contributed by atoms with Crippen molar-refractivity contribution in [2.75, 3.05) is 18.0 Å². The van der Waals surface area contributed by atoms with Crippen LogP contribution in [0.15, 0.2) is 59.1 Å². The molecule has 0 saturated heterocycles. The third kappa shape index (κ3) is 2.60. The third-order valence-corrected chi connectivity index (χ3v) is 5.12. The average molecular weight is 355 g/mol. The molecule has 4 nitrogen and oxygen atoms in total. The molecule has 0 fully saturated rings. The van der Waals surface area contributed by atoms with E-state index in [0.29, 0.717) is 5.95 Å². The lowest BCUT2D eigenvalue weighted by Crippen LogP contribution is -2.09. The second-order valence-corrected chi connectivity index (χ2v) is 6.69. The fraction of sp³-hybridized carbons (Fsp3) is 0.111. The number of halogens is 1. The summed E-state index contributed by atoms with van der Waals surface area (Å²) in [6.45, 7) is 0.815. The molecule has 4 rings (SSSR count). The molecule has 0 saturated carbocycles. The minimum Gasteiger partial charge on any atom is -0.369 e. The van der Waals surface area contributed by atoms with Gasteiger partial charge in [0.1, 0.15) is 0 Å². The number of rotatable bonds is 2. The second kappa shape index (κ2) is 6.34. The minimum absolute atomic E-state index is 0.464. The zero-order chi connectivity index (χ0) is 16.5. The van der Waals surface area contributed by atoms with Crippen molar-refractivity contribution in [1.82, 2.24) is 9.55 Å².